The summed E-state index contributed by atoms with van der Waals surface area (Å²) in [5.41, 5.74) is 2.41. The molecule has 2 rings (SSSR count). The topological polar surface area (TPSA) is 35.8 Å². The number of nitriles is 1. The van der Waals surface area contributed by atoms with E-state index in [1.165, 1.54) is 6.07 Å². The number of nitrogens with zero attached hydrogens (tertiary/aromatic N) is 1. The van der Waals surface area contributed by atoms with Crippen LogP contribution in [0.2, 0.25) is 0 Å². The summed E-state index contributed by atoms with van der Waals surface area (Å²) >= 11 is 0. The molecule has 19 heavy (non-hydrogen) atoms. The Morgan fingerprint density at radius 2 is 2.32 bits per heavy atom. The minimum atomic E-state index is -0.165. The van der Waals surface area contributed by atoms with Crippen LogP contribution in [0, 0.1) is 23.1 Å². The van der Waals surface area contributed by atoms with Crippen LogP contribution in [0.4, 0.5) is 10.1 Å². The first-order valence-electron chi connectivity index (χ1n) is 6.56. The number of benzene rings is 1. The standard InChI is InChI=1S/C16H17FN2/c1-2-3-13-6-9-15(10-16(13)17)19-14-7-4-12(11-18)5-8-14/h4,6-10,12,19H,2-3,5H2,1H3. The molecule has 3 heteroatoms. The lowest BCUT2D eigenvalue weighted by Crippen LogP contribution is -2.04. The highest BCUT2D eigenvalue weighted by Gasteiger charge is 2.08. The molecule has 0 bridgehead atoms. The summed E-state index contributed by atoms with van der Waals surface area (Å²) in [7, 11) is 0. The molecule has 1 aliphatic carbocycles. The van der Waals surface area contributed by atoms with Crippen molar-refractivity contribution in [3.05, 3.63) is 53.5 Å². The second-order valence-corrected chi connectivity index (χ2v) is 4.67. The largest absolute Gasteiger partial charge is 0.356 e. The molecule has 98 valence electrons. The number of hydrogen-bond acceptors (Lipinski definition) is 2. The molecular weight excluding hydrogens is 239 g/mol. The third kappa shape index (κ3) is 3.45. The molecule has 0 fully saturated rings. The minimum Gasteiger partial charge on any atom is -0.356 e. The second kappa shape index (κ2) is 6.19. The van der Waals surface area contributed by atoms with Crippen LogP contribution in [0.15, 0.2) is 42.1 Å². The molecule has 0 radical (unpaired) electrons. The third-order valence-corrected chi connectivity index (χ3v) is 3.13. The van der Waals surface area contributed by atoms with Crippen molar-refractivity contribution < 1.29 is 4.39 Å². The van der Waals surface area contributed by atoms with E-state index < -0.39 is 0 Å². The first-order valence-corrected chi connectivity index (χ1v) is 6.56. The fourth-order valence-electron chi connectivity index (χ4n) is 2.07. The molecule has 2 nitrogen and oxygen atoms in total. The van der Waals surface area contributed by atoms with Crippen molar-refractivity contribution in [2.24, 2.45) is 5.92 Å². The fourth-order valence-corrected chi connectivity index (χ4v) is 2.07. The number of aryl methyl sites for hydroxylation is 1. The molecule has 0 amide bonds. The molecule has 1 N–H and O–H groups in total. The van der Waals surface area contributed by atoms with Gasteiger partial charge in [0.15, 0.2) is 0 Å². The number of nitrogens with one attached hydrogen (secondary N) is 1. The average Bonchev–Trinajstić information content (AvgIpc) is 2.43. The average molecular weight is 256 g/mol. The van der Waals surface area contributed by atoms with Gasteiger partial charge in [0.05, 0.1) is 12.0 Å². The van der Waals surface area contributed by atoms with E-state index in [2.05, 4.69) is 11.4 Å². The Kier molecular flexibility index (Phi) is 4.35. The van der Waals surface area contributed by atoms with Gasteiger partial charge in [0.2, 0.25) is 0 Å². The highest BCUT2D eigenvalue weighted by Crippen LogP contribution is 2.20. The van der Waals surface area contributed by atoms with Crippen LogP contribution in [-0.2, 0) is 6.42 Å². The molecule has 0 aromatic heterocycles. The van der Waals surface area contributed by atoms with Crippen LogP contribution >= 0.6 is 0 Å². The van der Waals surface area contributed by atoms with Gasteiger partial charge in [-0.05, 0) is 36.6 Å². The number of rotatable bonds is 4. The van der Waals surface area contributed by atoms with Gasteiger partial charge < -0.3 is 5.32 Å². The van der Waals surface area contributed by atoms with E-state index in [1.54, 1.807) is 0 Å². The smallest absolute Gasteiger partial charge is 0.128 e. The van der Waals surface area contributed by atoms with E-state index in [9.17, 15) is 4.39 Å². The highest BCUT2D eigenvalue weighted by atomic mass is 19.1. The lowest BCUT2D eigenvalue weighted by atomic mass is 10.0. The van der Waals surface area contributed by atoms with E-state index in [0.717, 1.165) is 29.8 Å². The number of allylic oxidation sites excluding steroid dienone is 3. The first-order chi connectivity index (χ1) is 9.22. The molecule has 1 atom stereocenters. The predicted octanol–water partition coefficient (Wildman–Crippen LogP) is 4.17. The van der Waals surface area contributed by atoms with Crippen LogP contribution in [0.1, 0.15) is 25.3 Å². The maximum absolute atomic E-state index is 13.8. The van der Waals surface area contributed by atoms with Crippen molar-refractivity contribution in [2.75, 3.05) is 5.32 Å². The van der Waals surface area contributed by atoms with Crippen LogP contribution in [0.25, 0.3) is 0 Å². The summed E-state index contributed by atoms with van der Waals surface area (Å²) in [6.45, 7) is 2.04. The zero-order valence-electron chi connectivity index (χ0n) is 11.0. The lowest BCUT2D eigenvalue weighted by Gasteiger charge is -2.13. The molecule has 0 spiro atoms. The number of halogens is 1. The van der Waals surface area contributed by atoms with Crippen molar-refractivity contribution in [3.8, 4) is 6.07 Å². The molecule has 1 aliphatic rings. The lowest BCUT2D eigenvalue weighted by molar-refractivity contribution is 0.608. The Hall–Kier alpha value is -2.08. The molecule has 0 saturated heterocycles. The summed E-state index contributed by atoms with van der Waals surface area (Å²) in [6.07, 6.45) is 8.10. The number of anilines is 1. The summed E-state index contributed by atoms with van der Waals surface area (Å²) in [4.78, 5) is 0. The van der Waals surface area contributed by atoms with E-state index in [-0.39, 0.29) is 11.7 Å². The minimum absolute atomic E-state index is 0.0470. The van der Waals surface area contributed by atoms with Crippen LogP contribution in [0.5, 0.6) is 0 Å². The Morgan fingerprint density at radius 3 is 2.89 bits per heavy atom. The van der Waals surface area contributed by atoms with Crippen LogP contribution < -0.4 is 5.32 Å². The van der Waals surface area contributed by atoms with Gasteiger partial charge in [0.25, 0.3) is 0 Å². The Labute approximate surface area is 113 Å². The quantitative estimate of drug-likeness (QED) is 0.877. The maximum Gasteiger partial charge on any atom is 0.128 e. The zero-order chi connectivity index (χ0) is 13.7. The number of hydrogen-bond donors (Lipinski definition) is 1. The Bertz CT molecular complexity index is 552. The van der Waals surface area contributed by atoms with Gasteiger partial charge in [0.1, 0.15) is 5.82 Å². The molecule has 1 aromatic carbocycles. The van der Waals surface area contributed by atoms with Gasteiger partial charge >= 0.3 is 0 Å². The van der Waals surface area contributed by atoms with Gasteiger partial charge in [0, 0.05) is 11.4 Å². The Morgan fingerprint density at radius 1 is 1.47 bits per heavy atom. The molecule has 1 unspecified atom stereocenters. The highest BCUT2D eigenvalue weighted by molar-refractivity contribution is 5.52. The first kappa shape index (κ1) is 13.4. The van der Waals surface area contributed by atoms with Gasteiger partial charge in [-0.25, -0.2) is 4.39 Å². The SMILES string of the molecule is CCCc1ccc(NC2=CCC(C#N)C=C2)cc1F. The van der Waals surface area contributed by atoms with Crippen molar-refractivity contribution in [3.63, 3.8) is 0 Å². The summed E-state index contributed by atoms with van der Waals surface area (Å²) in [5.74, 6) is -0.212. The van der Waals surface area contributed by atoms with E-state index in [0.29, 0.717) is 6.42 Å². The molecule has 0 saturated carbocycles. The van der Waals surface area contributed by atoms with E-state index in [1.807, 2.05) is 37.3 Å². The predicted molar refractivity (Wildman–Crippen MR) is 75.0 cm³/mol. The second-order valence-electron chi connectivity index (χ2n) is 4.67. The van der Waals surface area contributed by atoms with Crippen LogP contribution in [-0.4, -0.2) is 0 Å². The maximum atomic E-state index is 13.8. The molecule has 0 aliphatic heterocycles. The van der Waals surface area contributed by atoms with Crippen molar-refractivity contribution in [1.82, 2.24) is 0 Å². The van der Waals surface area contributed by atoms with Crippen molar-refractivity contribution in [1.29, 1.82) is 5.26 Å². The third-order valence-electron chi connectivity index (χ3n) is 3.13. The van der Waals surface area contributed by atoms with Gasteiger partial charge in [-0.15, -0.1) is 0 Å². The Balaban J connectivity index is 2.05. The zero-order valence-corrected chi connectivity index (χ0v) is 11.0. The van der Waals surface area contributed by atoms with Gasteiger partial charge in [-0.1, -0.05) is 31.6 Å². The van der Waals surface area contributed by atoms with Crippen molar-refractivity contribution >= 4 is 5.69 Å². The van der Waals surface area contributed by atoms with Gasteiger partial charge in [-0.3, -0.25) is 0 Å². The van der Waals surface area contributed by atoms with E-state index in [4.69, 9.17) is 5.26 Å². The molecular formula is C16H17FN2. The van der Waals surface area contributed by atoms with Crippen LogP contribution in [0.3, 0.4) is 0 Å². The fraction of sp³-hybridized carbons (Fsp3) is 0.312. The van der Waals surface area contributed by atoms with Gasteiger partial charge in [-0.2, -0.15) is 5.26 Å². The molecule has 1 aromatic rings. The summed E-state index contributed by atoms with van der Waals surface area (Å²) in [5, 5.41) is 11.9. The summed E-state index contributed by atoms with van der Waals surface area (Å²) < 4.78 is 13.8. The van der Waals surface area contributed by atoms with E-state index >= 15 is 0 Å². The monoisotopic (exact) mass is 256 g/mol. The molecule has 0 heterocycles. The normalized spacial score (nSPS) is 17.7. The summed E-state index contributed by atoms with van der Waals surface area (Å²) in [6, 6.07) is 7.44. The van der Waals surface area contributed by atoms with Crippen molar-refractivity contribution in [2.45, 2.75) is 26.2 Å².